The lowest BCUT2D eigenvalue weighted by molar-refractivity contribution is -0.109. The summed E-state index contributed by atoms with van der Waals surface area (Å²) in [6.45, 7) is 0. The van der Waals surface area contributed by atoms with Gasteiger partial charge in [0.05, 0.1) is 22.8 Å². The summed E-state index contributed by atoms with van der Waals surface area (Å²) in [5, 5.41) is 4.62. The molecular formula is C9H11ClN2O. The van der Waals surface area contributed by atoms with E-state index in [1.54, 1.807) is 10.9 Å². The highest BCUT2D eigenvalue weighted by Gasteiger charge is 2.35. The van der Waals surface area contributed by atoms with Crippen LogP contribution in [-0.2, 0) is 11.8 Å². The average molecular weight is 199 g/mol. The Bertz CT molecular complexity index is 311. The molecule has 2 rings (SSSR count). The quantitative estimate of drug-likeness (QED) is 0.694. The zero-order valence-corrected chi connectivity index (χ0v) is 8.16. The lowest BCUT2D eigenvalue weighted by atomic mass is 10.0. The van der Waals surface area contributed by atoms with Gasteiger partial charge in [-0.2, -0.15) is 5.10 Å². The Hall–Kier alpha value is -0.830. The summed E-state index contributed by atoms with van der Waals surface area (Å²) in [7, 11) is 1.82. The van der Waals surface area contributed by atoms with Gasteiger partial charge in [-0.05, 0) is 18.8 Å². The molecule has 0 spiro atoms. The van der Waals surface area contributed by atoms with Crippen LogP contribution in [0.15, 0.2) is 6.20 Å². The van der Waals surface area contributed by atoms with Crippen molar-refractivity contribution in [1.82, 2.24) is 9.78 Å². The van der Waals surface area contributed by atoms with Crippen LogP contribution in [0.4, 0.5) is 0 Å². The molecule has 0 radical (unpaired) electrons. The van der Waals surface area contributed by atoms with Crippen molar-refractivity contribution in [3.63, 3.8) is 0 Å². The number of nitrogens with zero attached hydrogens (tertiary/aromatic N) is 2. The third kappa shape index (κ3) is 1.48. The maximum atomic E-state index is 10.9. The van der Waals surface area contributed by atoms with Crippen LogP contribution in [0.2, 0.25) is 5.02 Å². The van der Waals surface area contributed by atoms with Crippen molar-refractivity contribution in [3.8, 4) is 0 Å². The monoisotopic (exact) mass is 198 g/mol. The van der Waals surface area contributed by atoms with Crippen molar-refractivity contribution >= 4 is 17.9 Å². The second-order valence-corrected chi connectivity index (χ2v) is 3.91. The van der Waals surface area contributed by atoms with E-state index in [1.165, 1.54) is 0 Å². The molecule has 1 saturated carbocycles. The molecule has 1 heterocycles. The van der Waals surface area contributed by atoms with E-state index >= 15 is 0 Å². The number of aryl methyl sites for hydroxylation is 1. The van der Waals surface area contributed by atoms with Crippen LogP contribution in [-0.4, -0.2) is 16.1 Å². The number of rotatable bonds is 3. The number of halogens is 1. The molecule has 1 aliphatic rings. The minimum atomic E-state index is -0.0556. The third-order valence-corrected chi connectivity index (χ3v) is 2.82. The summed E-state index contributed by atoms with van der Waals surface area (Å²) in [5.41, 5.74) is 0.860. The Balaban J connectivity index is 2.35. The van der Waals surface area contributed by atoms with Crippen molar-refractivity contribution in [2.75, 3.05) is 0 Å². The van der Waals surface area contributed by atoms with E-state index in [9.17, 15) is 4.79 Å². The summed E-state index contributed by atoms with van der Waals surface area (Å²) in [4.78, 5) is 10.9. The molecular weight excluding hydrogens is 188 g/mol. The van der Waals surface area contributed by atoms with Crippen LogP contribution in [0.5, 0.6) is 0 Å². The smallest absolute Gasteiger partial charge is 0.129 e. The molecule has 0 bridgehead atoms. The van der Waals surface area contributed by atoms with E-state index in [-0.39, 0.29) is 5.92 Å². The van der Waals surface area contributed by atoms with E-state index in [0.29, 0.717) is 10.9 Å². The molecule has 1 aromatic rings. The molecule has 4 heteroatoms. The van der Waals surface area contributed by atoms with Crippen LogP contribution in [0.3, 0.4) is 0 Å². The standard InChI is InChI=1S/C9H11ClN2O/c1-12-9(8(10)4-11-12)7(5-13)6-2-3-6/h4-7H,2-3H2,1H3. The van der Waals surface area contributed by atoms with E-state index in [4.69, 9.17) is 11.6 Å². The van der Waals surface area contributed by atoms with Crippen molar-refractivity contribution in [3.05, 3.63) is 16.9 Å². The van der Waals surface area contributed by atoms with Crippen molar-refractivity contribution < 1.29 is 4.79 Å². The van der Waals surface area contributed by atoms with E-state index in [1.807, 2.05) is 7.05 Å². The lowest BCUT2D eigenvalue weighted by Crippen LogP contribution is -2.09. The zero-order chi connectivity index (χ0) is 9.42. The third-order valence-electron chi connectivity index (χ3n) is 2.53. The van der Waals surface area contributed by atoms with Gasteiger partial charge >= 0.3 is 0 Å². The Morgan fingerprint density at radius 2 is 2.46 bits per heavy atom. The Morgan fingerprint density at radius 1 is 1.77 bits per heavy atom. The molecule has 70 valence electrons. The van der Waals surface area contributed by atoms with Gasteiger partial charge in [0.1, 0.15) is 6.29 Å². The molecule has 1 unspecified atom stereocenters. The van der Waals surface area contributed by atoms with Crippen molar-refractivity contribution in [1.29, 1.82) is 0 Å². The first-order chi connectivity index (χ1) is 6.24. The minimum Gasteiger partial charge on any atom is -0.303 e. The van der Waals surface area contributed by atoms with Crippen LogP contribution in [0.25, 0.3) is 0 Å². The van der Waals surface area contributed by atoms with Crippen LogP contribution < -0.4 is 0 Å². The highest BCUT2D eigenvalue weighted by molar-refractivity contribution is 6.31. The fourth-order valence-corrected chi connectivity index (χ4v) is 1.94. The van der Waals surface area contributed by atoms with Gasteiger partial charge in [0.2, 0.25) is 0 Å². The van der Waals surface area contributed by atoms with Gasteiger partial charge in [0.25, 0.3) is 0 Å². The molecule has 0 saturated heterocycles. The Morgan fingerprint density at radius 3 is 2.85 bits per heavy atom. The maximum absolute atomic E-state index is 10.9. The highest BCUT2D eigenvalue weighted by Crippen LogP contribution is 2.42. The van der Waals surface area contributed by atoms with Gasteiger partial charge in [-0.15, -0.1) is 0 Å². The summed E-state index contributed by atoms with van der Waals surface area (Å²) in [5.74, 6) is 0.436. The molecule has 3 nitrogen and oxygen atoms in total. The molecule has 1 aliphatic carbocycles. The number of carbonyl (C=O) groups is 1. The Labute approximate surface area is 81.7 Å². The van der Waals surface area contributed by atoms with Crippen molar-refractivity contribution in [2.24, 2.45) is 13.0 Å². The normalized spacial score (nSPS) is 18.6. The van der Waals surface area contributed by atoms with Gasteiger partial charge in [-0.1, -0.05) is 11.6 Å². The first-order valence-electron chi connectivity index (χ1n) is 4.36. The average Bonchev–Trinajstić information content (AvgIpc) is 2.88. The highest BCUT2D eigenvalue weighted by atomic mass is 35.5. The first-order valence-corrected chi connectivity index (χ1v) is 4.74. The largest absolute Gasteiger partial charge is 0.303 e. The van der Waals surface area contributed by atoms with E-state index in [0.717, 1.165) is 24.8 Å². The molecule has 1 fully saturated rings. The molecule has 0 N–H and O–H groups in total. The van der Waals surface area contributed by atoms with Crippen LogP contribution in [0.1, 0.15) is 24.5 Å². The van der Waals surface area contributed by atoms with Gasteiger partial charge in [0.15, 0.2) is 0 Å². The fraction of sp³-hybridized carbons (Fsp3) is 0.556. The van der Waals surface area contributed by atoms with Gasteiger partial charge in [-0.3, -0.25) is 4.68 Å². The van der Waals surface area contributed by atoms with Crippen molar-refractivity contribution in [2.45, 2.75) is 18.8 Å². The lowest BCUT2D eigenvalue weighted by Gasteiger charge is -2.09. The summed E-state index contributed by atoms with van der Waals surface area (Å²) in [6, 6.07) is 0. The summed E-state index contributed by atoms with van der Waals surface area (Å²) in [6.07, 6.45) is 4.84. The van der Waals surface area contributed by atoms with Gasteiger partial charge < -0.3 is 4.79 Å². The van der Waals surface area contributed by atoms with E-state index in [2.05, 4.69) is 5.10 Å². The minimum absolute atomic E-state index is 0.0556. The molecule has 0 amide bonds. The van der Waals surface area contributed by atoms with Gasteiger partial charge in [-0.25, -0.2) is 0 Å². The second-order valence-electron chi connectivity index (χ2n) is 3.50. The predicted molar refractivity (Wildman–Crippen MR) is 49.7 cm³/mol. The SMILES string of the molecule is Cn1ncc(Cl)c1C(C=O)C1CC1. The summed E-state index contributed by atoms with van der Waals surface area (Å²) < 4.78 is 1.69. The van der Waals surface area contributed by atoms with Crippen LogP contribution >= 0.6 is 11.6 Å². The van der Waals surface area contributed by atoms with Gasteiger partial charge in [0, 0.05) is 7.05 Å². The number of hydrogen-bond acceptors (Lipinski definition) is 2. The molecule has 13 heavy (non-hydrogen) atoms. The predicted octanol–water partition coefficient (Wildman–Crippen LogP) is 1.77. The number of aromatic nitrogens is 2. The summed E-state index contributed by atoms with van der Waals surface area (Å²) >= 11 is 5.95. The maximum Gasteiger partial charge on any atom is 0.129 e. The number of carbonyl (C=O) groups excluding carboxylic acids is 1. The zero-order valence-electron chi connectivity index (χ0n) is 7.40. The first kappa shape index (κ1) is 8.75. The number of hydrogen-bond donors (Lipinski definition) is 0. The number of aldehydes is 1. The topological polar surface area (TPSA) is 34.9 Å². The van der Waals surface area contributed by atoms with E-state index < -0.39 is 0 Å². The second kappa shape index (κ2) is 3.14. The molecule has 0 aliphatic heterocycles. The molecule has 1 atom stereocenters. The van der Waals surface area contributed by atoms with Crippen LogP contribution in [0, 0.1) is 5.92 Å². The molecule has 1 aromatic heterocycles. The Kier molecular flexibility index (Phi) is 2.12. The molecule has 0 aromatic carbocycles. The fourth-order valence-electron chi connectivity index (χ4n) is 1.65.